The molecule has 1 fully saturated rings. The van der Waals surface area contributed by atoms with Crippen LogP contribution >= 0.6 is 0 Å². The molecule has 0 amide bonds. The minimum absolute atomic E-state index is 0.670. The highest BCUT2D eigenvalue weighted by Crippen LogP contribution is 2.46. The van der Waals surface area contributed by atoms with Crippen molar-refractivity contribution in [3.05, 3.63) is 53.3 Å². The molecule has 3 heteroatoms. The van der Waals surface area contributed by atoms with E-state index in [2.05, 4.69) is 59.3 Å². The minimum Gasteiger partial charge on any atom is -0.300 e. The molecule has 1 aliphatic carbocycles. The van der Waals surface area contributed by atoms with Gasteiger partial charge in [0.05, 0.1) is 0 Å². The van der Waals surface area contributed by atoms with Gasteiger partial charge in [-0.25, -0.2) is 0 Å². The number of aromatic nitrogens is 2. The summed E-state index contributed by atoms with van der Waals surface area (Å²) in [5, 5.41) is 7.17. The molecular formula is C18H25N3. The maximum absolute atomic E-state index is 4.06. The van der Waals surface area contributed by atoms with E-state index in [1.54, 1.807) is 0 Å². The molecule has 21 heavy (non-hydrogen) atoms. The summed E-state index contributed by atoms with van der Waals surface area (Å²) in [5.74, 6) is 1.39. The first kappa shape index (κ1) is 14.3. The zero-order valence-electron chi connectivity index (χ0n) is 13.0. The van der Waals surface area contributed by atoms with Gasteiger partial charge >= 0.3 is 0 Å². The van der Waals surface area contributed by atoms with Crippen LogP contribution in [0.2, 0.25) is 0 Å². The Balaban J connectivity index is 1.62. The molecule has 0 atom stereocenters. The molecule has 0 saturated heterocycles. The molecule has 3 nitrogen and oxygen atoms in total. The Kier molecular flexibility index (Phi) is 4.39. The molecule has 1 heterocycles. The average Bonchev–Trinajstić information content (AvgIpc) is 2.97. The van der Waals surface area contributed by atoms with E-state index in [0.717, 1.165) is 25.6 Å². The van der Waals surface area contributed by atoms with Crippen molar-refractivity contribution in [1.82, 2.24) is 15.1 Å². The molecule has 112 valence electrons. The van der Waals surface area contributed by atoms with E-state index in [-0.39, 0.29) is 0 Å². The number of rotatable bonds is 6. The Morgan fingerprint density at radius 2 is 1.95 bits per heavy atom. The second kappa shape index (κ2) is 6.44. The van der Waals surface area contributed by atoms with Crippen molar-refractivity contribution < 1.29 is 0 Å². The van der Waals surface area contributed by atoms with Crippen LogP contribution in [0.4, 0.5) is 0 Å². The van der Waals surface area contributed by atoms with Crippen LogP contribution in [0.15, 0.2) is 36.5 Å². The highest BCUT2D eigenvalue weighted by molar-refractivity contribution is 5.30. The first-order valence-electron chi connectivity index (χ1n) is 8.10. The molecule has 3 rings (SSSR count). The third-order valence-electron chi connectivity index (χ3n) is 4.82. The SMILES string of the molecule is CCN(CC)Cc1cccc(C2CC(c3ccn[nH]3)C2)c1. The van der Waals surface area contributed by atoms with Crippen LogP contribution in [0.1, 0.15) is 55.3 Å². The summed E-state index contributed by atoms with van der Waals surface area (Å²) in [5.41, 5.74) is 4.25. The zero-order valence-corrected chi connectivity index (χ0v) is 13.0. The zero-order chi connectivity index (χ0) is 14.7. The van der Waals surface area contributed by atoms with Gasteiger partial charge in [-0.1, -0.05) is 38.1 Å². The van der Waals surface area contributed by atoms with Crippen LogP contribution in [-0.2, 0) is 6.54 Å². The summed E-state index contributed by atoms with van der Waals surface area (Å²) in [4.78, 5) is 2.47. The molecule has 1 aromatic heterocycles. The molecular weight excluding hydrogens is 258 g/mol. The Labute approximate surface area is 127 Å². The largest absolute Gasteiger partial charge is 0.300 e. The maximum Gasteiger partial charge on any atom is 0.0490 e. The van der Waals surface area contributed by atoms with Gasteiger partial charge < -0.3 is 0 Å². The van der Waals surface area contributed by atoms with Gasteiger partial charge in [-0.05, 0) is 49.0 Å². The minimum atomic E-state index is 0.670. The quantitative estimate of drug-likeness (QED) is 0.871. The number of aromatic amines is 1. The van der Waals surface area contributed by atoms with E-state index in [0.29, 0.717) is 5.92 Å². The summed E-state index contributed by atoms with van der Waals surface area (Å²) < 4.78 is 0. The highest BCUT2D eigenvalue weighted by atomic mass is 15.1. The topological polar surface area (TPSA) is 31.9 Å². The summed E-state index contributed by atoms with van der Waals surface area (Å²) in [7, 11) is 0. The number of benzene rings is 1. The summed E-state index contributed by atoms with van der Waals surface area (Å²) in [6.07, 6.45) is 4.35. The number of nitrogens with zero attached hydrogens (tertiary/aromatic N) is 2. The van der Waals surface area contributed by atoms with Crippen molar-refractivity contribution in [2.75, 3.05) is 13.1 Å². The maximum atomic E-state index is 4.06. The molecule has 1 N–H and O–H groups in total. The Hall–Kier alpha value is -1.61. The molecule has 0 spiro atoms. The monoisotopic (exact) mass is 283 g/mol. The molecule has 0 bridgehead atoms. The lowest BCUT2D eigenvalue weighted by atomic mass is 9.70. The number of H-pyrrole nitrogens is 1. The van der Waals surface area contributed by atoms with Gasteiger partial charge in [0.1, 0.15) is 0 Å². The van der Waals surface area contributed by atoms with E-state index in [9.17, 15) is 0 Å². The third kappa shape index (κ3) is 3.18. The second-order valence-corrected chi connectivity index (χ2v) is 6.08. The molecule has 0 unspecified atom stereocenters. The molecule has 0 radical (unpaired) electrons. The van der Waals surface area contributed by atoms with Crippen LogP contribution in [0.25, 0.3) is 0 Å². The van der Waals surface area contributed by atoms with Gasteiger partial charge in [-0.15, -0.1) is 0 Å². The average molecular weight is 283 g/mol. The lowest BCUT2D eigenvalue weighted by molar-refractivity contribution is 0.295. The van der Waals surface area contributed by atoms with Crippen molar-refractivity contribution in [2.45, 2.75) is 45.1 Å². The van der Waals surface area contributed by atoms with E-state index < -0.39 is 0 Å². The van der Waals surface area contributed by atoms with Crippen molar-refractivity contribution in [2.24, 2.45) is 0 Å². The molecule has 1 saturated carbocycles. The fourth-order valence-electron chi connectivity index (χ4n) is 3.29. The summed E-state index contributed by atoms with van der Waals surface area (Å²) in [6.45, 7) is 7.76. The van der Waals surface area contributed by atoms with Crippen LogP contribution < -0.4 is 0 Å². The van der Waals surface area contributed by atoms with Crippen molar-refractivity contribution in [3.63, 3.8) is 0 Å². The smallest absolute Gasteiger partial charge is 0.0490 e. The van der Waals surface area contributed by atoms with E-state index in [4.69, 9.17) is 0 Å². The fourth-order valence-corrected chi connectivity index (χ4v) is 3.29. The highest BCUT2D eigenvalue weighted by Gasteiger charge is 2.32. The second-order valence-electron chi connectivity index (χ2n) is 6.08. The molecule has 1 aromatic carbocycles. The molecule has 0 aliphatic heterocycles. The Bertz CT molecular complexity index is 552. The van der Waals surface area contributed by atoms with E-state index >= 15 is 0 Å². The first-order chi connectivity index (χ1) is 10.3. The van der Waals surface area contributed by atoms with Crippen molar-refractivity contribution >= 4 is 0 Å². The molecule has 2 aromatic rings. The number of hydrogen-bond acceptors (Lipinski definition) is 2. The van der Waals surface area contributed by atoms with Crippen LogP contribution in [0.5, 0.6) is 0 Å². The summed E-state index contributed by atoms with van der Waals surface area (Å²) >= 11 is 0. The van der Waals surface area contributed by atoms with Gasteiger partial charge in [0.2, 0.25) is 0 Å². The first-order valence-corrected chi connectivity index (χ1v) is 8.10. The van der Waals surface area contributed by atoms with Crippen molar-refractivity contribution in [1.29, 1.82) is 0 Å². The molecule has 1 aliphatic rings. The van der Waals surface area contributed by atoms with Gasteiger partial charge in [0.25, 0.3) is 0 Å². The standard InChI is InChI=1S/C18H25N3/c1-3-21(4-2)13-14-6-5-7-15(10-14)16-11-17(12-16)18-8-9-19-20-18/h5-10,16-17H,3-4,11-13H2,1-2H3,(H,19,20). The van der Waals surface area contributed by atoms with E-state index in [1.165, 1.54) is 29.7 Å². The normalized spacial score (nSPS) is 21.5. The van der Waals surface area contributed by atoms with Crippen LogP contribution in [0.3, 0.4) is 0 Å². The predicted molar refractivity (Wildman–Crippen MR) is 86.4 cm³/mol. The van der Waals surface area contributed by atoms with Gasteiger partial charge in [-0.3, -0.25) is 10.00 Å². The third-order valence-corrected chi connectivity index (χ3v) is 4.82. The van der Waals surface area contributed by atoms with Gasteiger partial charge in [0, 0.05) is 24.4 Å². The summed E-state index contributed by atoms with van der Waals surface area (Å²) in [6, 6.07) is 11.3. The van der Waals surface area contributed by atoms with E-state index in [1.807, 2.05) is 6.20 Å². The van der Waals surface area contributed by atoms with Crippen LogP contribution in [0, 0.1) is 0 Å². The van der Waals surface area contributed by atoms with Crippen molar-refractivity contribution in [3.8, 4) is 0 Å². The van der Waals surface area contributed by atoms with Gasteiger partial charge in [-0.2, -0.15) is 5.10 Å². The fraction of sp³-hybridized carbons (Fsp3) is 0.500. The lowest BCUT2D eigenvalue weighted by Gasteiger charge is -2.35. The Morgan fingerprint density at radius 1 is 1.14 bits per heavy atom. The number of hydrogen-bond donors (Lipinski definition) is 1. The van der Waals surface area contributed by atoms with Gasteiger partial charge in [0.15, 0.2) is 0 Å². The van der Waals surface area contributed by atoms with Crippen LogP contribution in [-0.4, -0.2) is 28.2 Å². The predicted octanol–water partition coefficient (Wildman–Crippen LogP) is 3.91. The lowest BCUT2D eigenvalue weighted by Crippen LogP contribution is -2.23. The Morgan fingerprint density at radius 3 is 2.62 bits per heavy atom. The number of nitrogens with one attached hydrogen (secondary N) is 1.